The Morgan fingerprint density at radius 1 is 1.11 bits per heavy atom. The second-order valence-electron chi connectivity index (χ2n) is 10.2. The number of carbonyl (C=O) groups is 1. The van der Waals surface area contributed by atoms with Crippen molar-refractivity contribution in [2.45, 2.75) is 62.4 Å². The van der Waals surface area contributed by atoms with Crippen molar-refractivity contribution in [2.24, 2.45) is 7.05 Å². The van der Waals surface area contributed by atoms with E-state index < -0.39 is 9.84 Å². The molecule has 0 aliphatic heterocycles. The number of hydrogen-bond acceptors (Lipinski definition) is 6. The Balaban J connectivity index is 1.55. The Kier molecular flexibility index (Phi) is 6.66. The number of anilines is 2. The predicted octanol–water partition coefficient (Wildman–Crippen LogP) is 5.03. The van der Waals surface area contributed by atoms with Crippen LogP contribution in [0.15, 0.2) is 48.8 Å². The number of carbonyl (C=O) groups excluding carboxylic acids is 1. The zero-order valence-electron chi connectivity index (χ0n) is 21.3. The van der Waals surface area contributed by atoms with Gasteiger partial charge in [-0.2, -0.15) is 0 Å². The Hall–Kier alpha value is -3.46. The van der Waals surface area contributed by atoms with Gasteiger partial charge in [-0.15, -0.1) is 0 Å². The van der Waals surface area contributed by atoms with Crippen molar-refractivity contribution in [3.8, 4) is 11.3 Å². The first-order chi connectivity index (χ1) is 17.7. The van der Waals surface area contributed by atoms with Gasteiger partial charge in [-0.1, -0.05) is 37.6 Å². The van der Waals surface area contributed by atoms with Gasteiger partial charge in [-0.3, -0.25) is 4.79 Å². The van der Waals surface area contributed by atoms with E-state index in [1.807, 2.05) is 35.9 Å². The summed E-state index contributed by atoms with van der Waals surface area (Å²) < 4.78 is 28.5. The Labute approximate surface area is 217 Å². The van der Waals surface area contributed by atoms with Crippen LogP contribution < -0.4 is 11.1 Å². The largest absolute Gasteiger partial charge is 0.383 e. The van der Waals surface area contributed by atoms with Crippen LogP contribution in [0.3, 0.4) is 0 Å². The number of allylic oxidation sites excluding steroid dienone is 2. The number of rotatable bonds is 6. The van der Waals surface area contributed by atoms with Gasteiger partial charge in [0.05, 0.1) is 21.6 Å². The van der Waals surface area contributed by atoms with Gasteiger partial charge in [0.25, 0.3) is 5.91 Å². The van der Waals surface area contributed by atoms with Crippen molar-refractivity contribution in [1.29, 1.82) is 0 Å². The van der Waals surface area contributed by atoms with Crippen LogP contribution >= 0.6 is 0 Å². The number of nitrogen functional groups attached to an aromatic ring is 1. The summed E-state index contributed by atoms with van der Waals surface area (Å²) in [5.74, 6) is 0.171. The van der Waals surface area contributed by atoms with E-state index in [-0.39, 0.29) is 16.4 Å². The number of amides is 1. The van der Waals surface area contributed by atoms with Gasteiger partial charge in [-0.05, 0) is 62.3 Å². The number of nitrogens with one attached hydrogen (secondary N) is 1. The van der Waals surface area contributed by atoms with Crippen molar-refractivity contribution >= 4 is 43.9 Å². The molecule has 5 rings (SSSR count). The molecule has 3 aromatic rings. The van der Waals surface area contributed by atoms with Crippen LogP contribution in [0.4, 0.5) is 11.5 Å². The highest BCUT2D eigenvalue weighted by atomic mass is 32.2. The molecule has 1 saturated carbocycles. The van der Waals surface area contributed by atoms with Crippen molar-refractivity contribution in [3.63, 3.8) is 0 Å². The molecule has 2 heterocycles. The molecule has 1 unspecified atom stereocenters. The molecule has 2 aliphatic carbocycles. The van der Waals surface area contributed by atoms with Crippen molar-refractivity contribution in [2.75, 3.05) is 11.1 Å². The fourth-order valence-corrected chi connectivity index (χ4v) is 8.05. The van der Waals surface area contributed by atoms with Crippen LogP contribution in [-0.4, -0.2) is 39.4 Å². The third-order valence-corrected chi connectivity index (χ3v) is 10.5. The fourth-order valence-electron chi connectivity index (χ4n) is 5.70. The van der Waals surface area contributed by atoms with E-state index in [0.29, 0.717) is 36.3 Å². The molecular formula is C28H33N5O3S. The summed E-state index contributed by atoms with van der Waals surface area (Å²) in [7, 11) is -1.19. The van der Waals surface area contributed by atoms with E-state index in [1.165, 1.54) is 6.33 Å². The van der Waals surface area contributed by atoms with E-state index in [0.717, 1.165) is 59.1 Å². The highest BCUT2D eigenvalue weighted by molar-refractivity contribution is 7.92. The lowest BCUT2D eigenvalue weighted by Crippen LogP contribution is -2.31. The summed E-state index contributed by atoms with van der Waals surface area (Å²) in [6.07, 6.45) is 8.87. The molecule has 0 radical (unpaired) electrons. The fraction of sp³-hybridized carbons (Fsp3) is 0.393. The number of nitrogens with zero attached hydrogens (tertiary/aromatic N) is 3. The highest BCUT2D eigenvalue weighted by Gasteiger charge is 2.37. The molecule has 1 fully saturated rings. The summed E-state index contributed by atoms with van der Waals surface area (Å²) in [6.45, 7) is 5.35. The lowest BCUT2D eigenvalue weighted by Gasteiger charge is -2.25. The van der Waals surface area contributed by atoms with E-state index in [2.05, 4.69) is 27.9 Å². The molecular weight excluding hydrogens is 486 g/mol. The molecule has 37 heavy (non-hydrogen) atoms. The van der Waals surface area contributed by atoms with E-state index in [1.54, 1.807) is 6.92 Å². The average Bonchev–Trinajstić information content (AvgIpc) is 3.53. The molecule has 1 atom stereocenters. The van der Waals surface area contributed by atoms with Gasteiger partial charge in [0.1, 0.15) is 17.8 Å². The number of benzene rings is 1. The molecule has 1 amide bonds. The van der Waals surface area contributed by atoms with Gasteiger partial charge in [0.15, 0.2) is 9.84 Å². The van der Waals surface area contributed by atoms with Crippen molar-refractivity contribution in [3.05, 3.63) is 54.4 Å². The third-order valence-electron chi connectivity index (χ3n) is 7.72. The normalized spacial score (nSPS) is 18.6. The molecule has 9 heteroatoms. The molecule has 1 aromatic carbocycles. The Bertz CT molecular complexity index is 1510. The van der Waals surface area contributed by atoms with Gasteiger partial charge in [0.2, 0.25) is 0 Å². The van der Waals surface area contributed by atoms with Gasteiger partial charge in [0, 0.05) is 23.9 Å². The van der Waals surface area contributed by atoms with Crippen molar-refractivity contribution < 1.29 is 13.2 Å². The summed E-state index contributed by atoms with van der Waals surface area (Å²) in [5, 5.41) is 3.10. The summed E-state index contributed by atoms with van der Waals surface area (Å²) >= 11 is 0. The number of nitrogens with two attached hydrogens (primary N) is 1. The van der Waals surface area contributed by atoms with Crippen LogP contribution in [0.2, 0.25) is 0 Å². The van der Waals surface area contributed by atoms with E-state index >= 15 is 0 Å². The van der Waals surface area contributed by atoms with Crippen LogP contribution in [0.5, 0.6) is 0 Å². The van der Waals surface area contributed by atoms with Crippen LogP contribution in [0, 0.1) is 0 Å². The summed E-state index contributed by atoms with van der Waals surface area (Å²) in [5.41, 5.74) is 12.1. The van der Waals surface area contributed by atoms with E-state index in [4.69, 9.17) is 5.73 Å². The molecule has 0 saturated heterocycles. The molecule has 8 nitrogen and oxygen atoms in total. The molecule has 194 valence electrons. The van der Waals surface area contributed by atoms with Crippen LogP contribution in [0.1, 0.15) is 57.4 Å². The van der Waals surface area contributed by atoms with Crippen LogP contribution in [0.25, 0.3) is 27.9 Å². The predicted molar refractivity (Wildman–Crippen MR) is 149 cm³/mol. The number of fused-ring (bicyclic) bond motifs is 1. The Morgan fingerprint density at radius 2 is 1.81 bits per heavy atom. The molecule has 3 N–H and O–H groups in total. The minimum Gasteiger partial charge on any atom is -0.383 e. The minimum atomic E-state index is -3.14. The first-order valence-corrected chi connectivity index (χ1v) is 14.4. The molecule has 2 aliphatic rings. The monoisotopic (exact) mass is 519 g/mol. The average molecular weight is 520 g/mol. The summed E-state index contributed by atoms with van der Waals surface area (Å²) in [6, 6.07) is 7.61. The minimum absolute atomic E-state index is 0.187. The molecule has 0 bridgehead atoms. The lowest BCUT2D eigenvalue weighted by molar-refractivity contribution is -0.112. The lowest BCUT2D eigenvalue weighted by atomic mass is 9.90. The standard InChI is InChI=1S/C28H33N5O3S/c1-17(2)28(34)32-20-12-8-19(9-13-20)25-23(24-26(29)30-16-31-27(24)33(25)3)18-10-14-22(15-11-18)37(35,36)21-6-4-5-7-21/h8-10,12-13,16,21-22H,1,4-7,11,14-15H2,2-3H3,(H,32,34)(H2,29,30,31). The van der Waals surface area contributed by atoms with Gasteiger partial charge < -0.3 is 15.6 Å². The van der Waals surface area contributed by atoms with E-state index in [9.17, 15) is 13.2 Å². The number of aromatic nitrogens is 3. The first kappa shape index (κ1) is 25.2. The maximum absolute atomic E-state index is 13.2. The number of hydrogen-bond donors (Lipinski definition) is 2. The van der Waals surface area contributed by atoms with Gasteiger partial charge in [-0.25, -0.2) is 18.4 Å². The smallest absolute Gasteiger partial charge is 0.250 e. The zero-order chi connectivity index (χ0) is 26.3. The zero-order valence-corrected chi connectivity index (χ0v) is 22.1. The first-order valence-electron chi connectivity index (χ1n) is 12.8. The SMILES string of the molecule is C=C(C)C(=O)Nc1ccc(-c2c(C3=CCC(S(=O)(=O)C4CCCC4)CC3)c3c(N)ncnc3n2C)cc1. The third kappa shape index (κ3) is 4.56. The van der Waals surface area contributed by atoms with Crippen molar-refractivity contribution in [1.82, 2.24) is 14.5 Å². The summed E-state index contributed by atoms with van der Waals surface area (Å²) in [4.78, 5) is 20.8. The highest BCUT2D eigenvalue weighted by Crippen LogP contribution is 2.43. The number of aryl methyl sites for hydroxylation is 1. The molecule has 2 aromatic heterocycles. The maximum atomic E-state index is 13.2. The number of sulfone groups is 1. The topological polar surface area (TPSA) is 120 Å². The second-order valence-corrected chi connectivity index (χ2v) is 12.7. The van der Waals surface area contributed by atoms with Gasteiger partial charge >= 0.3 is 0 Å². The second kappa shape index (κ2) is 9.78. The quantitative estimate of drug-likeness (QED) is 0.441. The Morgan fingerprint density at radius 3 is 2.43 bits per heavy atom. The van der Waals surface area contributed by atoms with Crippen LogP contribution in [-0.2, 0) is 21.7 Å². The maximum Gasteiger partial charge on any atom is 0.250 e. The molecule has 0 spiro atoms.